The minimum atomic E-state index is -0.598. The van der Waals surface area contributed by atoms with Gasteiger partial charge in [-0.05, 0) is 48.5 Å². The molecule has 2 amide bonds. The van der Waals surface area contributed by atoms with Crippen molar-refractivity contribution >= 4 is 35.3 Å². The third-order valence-corrected chi connectivity index (χ3v) is 3.79. The van der Waals surface area contributed by atoms with Gasteiger partial charge in [-0.2, -0.15) is 10.5 Å². The van der Waals surface area contributed by atoms with Crippen LogP contribution in [0.4, 0.5) is 11.4 Å². The number of rotatable bonds is 6. The summed E-state index contributed by atoms with van der Waals surface area (Å²) >= 11 is 0. The topological polar surface area (TPSA) is 132 Å². The predicted octanol–water partition coefficient (Wildman–Crippen LogP) is 3.96. The summed E-state index contributed by atoms with van der Waals surface area (Å²) in [6.45, 7) is 0. The van der Waals surface area contributed by atoms with E-state index in [0.717, 1.165) is 0 Å². The van der Waals surface area contributed by atoms with Gasteiger partial charge < -0.3 is 19.5 Å². The van der Waals surface area contributed by atoms with Gasteiger partial charge in [-0.3, -0.25) is 9.59 Å². The number of carbonyl (C=O) groups is 2. The van der Waals surface area contributed by atoms with Crippen molar-refractivity contribution in [3.05, 3.63) is 83.7 Å². The van der Waals surface area contributed by atoms with E-state index in [1.165, 1.54) is 24.7 Å². The number of nitrogens with zero attached hydrogens (tertiary/aromatic N) is 2. The Kier molecular flexibility index (Phi) is 6.24. The fraction of sp³-hybridized carbons (Fsp3) is 0. The predicted molar refractivity (Wildman–Crippen MR) is 108 cm³/mol. The Morgan fingerprint density at radius 2 is 1.13 bits per heavy atom. The summed E-state index contributed by atoms with van der Waals surface area (Å²) in [5, 5.41) is 23.5. The van der Waals surface area contributed by atoms with E-state index in [9.17, 15) is 20.1 Å². The molecule has 2 aromatic heterocycles. The first kappa shape index (κ1) is 19.9. The molecule has 2 heterocycles. The van der Waals surface area contributed by atoms with E-state index in [0.29, 0.717) is 22.9 Å². The van der Waals surface area contributed by atoms with Gasteiger partial charge in [0.25, 0.3) is 11.8 Å². The Hall–Kier alpha value is -4.82. The van der Waals surface area contributed by atoms with Crippen molar-refractivity contribution < 1.29 is 18.4 Å². The van der Waals surface area contributed by atoms with Crippen molar-refractivity contribution in [1.29, 1.82) is 10.5 Å². The monoisotopic (exact) mass is 398 g/mol. The number of nitriles is 2. The lowest BCUT2D eigenvalue weighted by Gasteiger charge is -2.07. The Bertz CT molecular complexity index is 1080. The van der Waals surface area contributed by atoms with Crippen LogP contribution >= 0.6 is 0 Å². The number of benzene rings is 1. The number of furan rings is 2. The molecule has 0 fully saturated rings. The molecular formula is C22H14N4O4. The van der Waals surface area contributed by atoms with Crippen LogP contribution in [-0.4, -0.2) is 11.8 Å². The maximum absolute atomic E-state index is 12.2. The van der Waals surface area contributed by atoms with Crippen molar-refractivity contribution in [3.8, 4) is 12.1 Å². The summed E-state index contributed by atoms with van der Waals surface area (Å²) in [6, 6.07) is 16.4. The molecule has 0 spiro atoms. The van der Waals surface area contributed by atoms with Crippen LogP contribution in [0.15, 0.2) is 81.0 Å². The van der Waals surface area contributed by atoms with Gasteiger partial charge in [-0.25, -0.2) is 0 Å². The van der Waals surface area contributed by atoms with Gasteiger partial charge in [0, 0.05) is 23.5 Å². The summed E-state index contributed by atoms with van der Waals surface area (Å²) in [4.78, 5) is 24.5. The van der Waals surface area contributed by atoms with Crippen LogP contribution in [0.5, 0.6) is 0 Å². The molecule has 0 aliphatic heterocycles. The standard InChI is InChI=1S/C22H14N4O4/c23-13-15(11-19-3-1-9-29-19)21(27)25-17-5-7-18(8-6-17)26-22(28)16(14-24)12-20-4-2-10-30-20/h1-12H,(H,25,27)(H,26,28)/b15-11+,16-12+. The summed E-state index contributed by atoms with van der Waals surface area (Å²) in [5.74, 6) is -0.427. The van der Waals surface area contributed by atoms with E-state index in [4.69, 9.17) is 8.83 Å². The molecule has 0 unspecified atom stereocenters. The SMILES string of the molecule is N#C/C(=C\c1ccco1)C(=O)Nc1ccc(NC(=O)/C(C#N)=C/c2ccco2)cc1. The maximum atomic E-state index is 12.2. The van der Waals surface area contributed by atoms with Gasteiger partial charge in [0.1, 0.15) is 34.8 Å². The third kappa shape index (κ3) is 5.12. The van der Waals surface area contributed by atoms with Gasteiger partial charge in [0.05, 0.1) is 12.5 Å². The lowest BCUT2D eigenvalue weighted by atomic mass is 10.2. The molecule has 0 saturated heterocycles. The lowest BCUT2D eigenvalue weighted by molar-refractivity contribution is -0.113. The second-order valence-corrected chi connectivity index (χ2v) is 5.86. The minimum Gasteiger partial charge on any atom is -0.465 e. The average Bonchev–Trinajstić information content (AvgIpc) is 3.45. The first-order chi connectivity index (χ1) is 14.6. The molecular weight excluding hydrogens is 384 g/mol. The highest BCUT2D eigenvalue weighted by Gasteiger charge is 2.12. The molecule has 3 rings (SSSR count). The number of hydrogen-bond donors (Lipinski definition) is 2. The van der Waals surface area contributed by atoms with Gasteiger partial charge in [0.2, 0.25) is 0 Å². The van der Waals surface area contributed by atoms with Gasteiger partial charge in [-0.1, -0.05) is 0 Å². The van der Waals surface area contributed by atoms with Crippen LogP contribution in [0, 0.1) is 22.7 Å². The summed E-state index contributed by atoms with van der Waals surface area (Å²) in [6.07, 6.45) is 5.54. The molecule has 0 saturated carbocycles. The molecule has 30 heavy (non-hydrogen) atoms. The lowest BCUT2D eigenvalue weighted by Crippen LogP contribution is -2.14. The zero-order valence-electron chi connectivity index (χ0n) is 15.5. The normalized spacial score (nSPS) is 11.3. The minimum absolute atomic E-state index is 0.121. The van der Waals surface area contributed by atoms with Crippen LogP contribution in [0.25, 0.3) is 12.2 Å². The molecule has 3 aromatic rings. The molecule has 0 atom stereocenters. The molecule has 0 bridgehead atoms. The number of amides is 2. The molecule has 0 aliphatic rings. The van der Waals surface area contributed by atoms with E-state index < -0.39 is 11.8 Å². The highest BCUT2D eigenvalue weighted by molar-refractivity contribution is 6.10. The first-order valence-corrected chi connectivity index (χ1v) is 8.62. The van der Waals surface area contributed by atoms with Crippen LogP contribution < -0.4 is 10.6 Å². The van der Waals surface area contributed by atoms with Crippen molar-refractivity contribution in [3.63, 3.8) is 0 Å². The summed E-state index contributed by atoms with van der Waals surface area (Å²) in [7, 11) is 0. The maximum Gasteiger partial charge on any atom is 0.266 e. The zero-order chi connectivity index (χ0) is 21.3. The number of carbonyl (C=O) groups excluding carboxylic acids is 2. The van der Waals surface area contributed by atoms with E-state index >= 15 is 0 Å². The van der Waals surface area contributed by atoms with Gasteiger partial charge in [0.15, 0.2) is 0 Å². The fourth-order valence-corrected chi connectivity index (χ4v) is 2.36. The van der Waals surface area contributed by atoms with E-state index in [2.05, 4.69) is 10.6 Å². The molecule has 0 radical (unpaired) electrons. The second-order valence-electron chi connectivity index (χ2n) is 5.86. The highest BCUT2D eigenvalue weighted by atomic mass is 16.3. The largest absolute Gasteiger partial charge is 0.465 e. The highest BCUT2D eigenvalue weighted by Crippen LogP contribution is 2.17. The molecule has 146 valence electrons. The number of anilines is 2. The summed E-state index contributed by atoms with van der Waals surface area (Å²) < 4.78 is 10.2. The molecule has 1 aromatic carbocycles. The smallest absolute Gasteiger partial charge is 0.266 e. The average molecular weight is 398 g/mol. The number of hydrogen-bond acceptors (Lipinski definition) is 6. The van der Waals surface area contributed by atoms with Crippen LogP contribution in [0.3, 0.4) is 0 Å². The van der Waals surface area contributed by atoms with Crippen molar-refractivity contribution in [2.24, 2.45) is 0 Å². The van der Waals surface area contributed by atoms with Crippen molar-refractivity contribution in [1.82, 2.24) is 0 Å². The second kappa shape index (κ2) is 9.40. The van der Waals surface area contributed by atoms with Crippen LogP contribution in [0.2, 0.25) is 0 Å². The Morgan fingerprint density at radius 3 is 1.43 bits per heavy atom. The Balaban J connectivity index is 1.65. The molecule has 0 aliphatic carbocycles. The Morgan fingerprint density at radius 1 is 0.733 bits per heavy atom. The zero-order valence-corrected chi connectivity index (χ0v) is 15.5. The third-order valence-electron chi connectivity index (χ3n) is 3.79. The van der Waals surface area contributed by atoms with Crippen LogP contribution in [0.1, 0.15) is 11.5 Å². The van der Waals surface area contributed by atoms with Crippen molar-refractivity contribution in [2.75, 3.05) is 10.6 Å². The van der Waals surface area contributed by atoms with Gasteiger partial charge in [-0.15, -0.1) is 0 Å². The molecule has 2 N–H and O–H groups in total. The Labute approximate surface area is 171 Å². The molecule has 8 nitrogen and oxygen atoms in total. The summed E-state index contributed by atoms with van der Waals surface area (Å²) in [5.41, 5.74) is 0.601. The van der Waals surface area contributed by atoms with E-state index in [1.54, 1.807) is 48.5 Å². The number of nitrogens with one attached hydrogen (secondary N) is 2. The quantitative estimate of drug-likeness (QED) is 0.477. The fourth-order valence-electron chi connectivity index (χ4n) is 2.36. The van der Waals surface area contributed by atoms with Crippen LogP contribution in [-0.2, 0) is 9.59 Å². The first-order valence-electron chi connectivity index (χ1n) is 8.62. The van der Waals surface area contributed by atoms with E-state index in [1.807, 2.05) is 12.1 Å². The molecule has 8 heteroatoms. The van der Waals surface area contributed by atoms with Crippen molar-refractivity contribution in [2.45, 2.75) is 0 Å². The van der Waals surface area contributed by atoms with Gasteiger partial charge >= 0.3 is 0 Å². The van der Waals surface area contributed by atoms with E-state index in [-0.39, 0.29) is 11.1 Å².